The minimum atomic E-state index is -0.267. The van der Waals surface area contributed by atoms with Gasteiger partial charge >= 0.3 is 0 Å². The number of benzene rings is 2. The molecule has 0 saturated heterocycles. The van der Waals surface area contributed by atoms with Gasteiger partial charge in [-0.25, -0.2) is 14.5 Å². The SMILES string of the molecule is CCN(C(=O)CSc1nc(-c2ccccc2)nc2cc(=O)[nH]n12)c1ccccc1. The number of thioether (sulfide) groups is 1. The Morgan fingerprint density at radius 1 is 1.07 bits per heavy atom. The number of carbonyl (C=O) groups is 1. The van der Waals surface area contributed by atoms with Crippen LogP contribution >= 0.6 is 11.8 Å². The first kappa shape index (κ1) is 18.9. The summed E-state index contributed by atoms with van der Waals surface area (Å²) in [5.74, 6) is 0.657. The van der Waals surface area contributed by atoms with E-state index in [1.54, 1.807) is 4.90 Å². The number of fused-ring (bicyclic) bond motifs is 1. The van der Waals surface area contributed by atoms with Gasteiger partial charge in [0.2, 0.25) is 5.91 Å². The quantitative estimate of drug-likeness (QED) is 0.498. The molecule has 4 aromatic rings. The average molecular weight is 405 g/mol. The van der Waals surface area contributed by atoms with Crippen LogP contribution in [-0.2, 0) is 4.79 Å². The minimum absolute atomic E-state index is 0.0359. The predicted molar refractivity (Wildman–Crippen MR) is 114 cm³/mol. The first-order valence-electron chi connectivity index (χ1n) is 9.19. The van der Waals surface area contributed by atoms with E-state index in [1.807, 2.05) is 67.6 Å². The monoisotopic (exact) mass is 405 g/mol. The average Bonchev–Trinajstić information content (AvgIpc) is 3.14. The number of amides is 1. The van der Waals surface area contributed by atoms with E-state index in [1.165, 1.54) is 22.3 Å². The van der Waals surface area contributed by atoms with Crippen molar-refractivity contribution in [2.24, 2.45) is 0 Å². The molecule has 2 aromatic carbocycles. The van der Waals surface area contributed by atoms with Crippen LogP contribution in [0.1, 0.15) is 6.92 Å². The van der Waals surface area contributed by atoms with E-state index in [0.717, 1.165) is 11.3 Å². The fourth-order valence-electron chi connectivity index (χ4n) is 3.01. The molecule has 0 aliphatic rings. The third kappa shape index (κ3) is 4.07. The number of carbonyl (C=O) groups excluding carboxylic acids is 1. The van der Waals surface area contributed by atoms with Gasteiger partial charge in [0.05, 0.1) is 5.75 Å². The summed E-state index contributed by atoms with van der Waals surface area (Å²) in [5.41, 5.74) is 1.90. The van der Waals surface area contributed by atoms with Crippen LogP contribution in [-0.4, -0.2) is 37.8 Å². The number of nitrogens with zero attached hydrogens (tertiary/aromatic N) is 4. The van der Waals surface area contributed by atoms with Gasteiger partial charge in [0.15, 0.2) is 16.6 Å². The Morgan fingerprint density at radius 3 is 2.45 bits per heavy atom. The highest BCUT2D eigenvalue weighted by Crippen LogP contribution is 2.22. The molecule has 7 nitrogen and oxygen atoms in total. The van der Waals surface area contributed by atoms with Crippen LogP contribution in [0.5, 0.6) is 0 Å². The molecule has 0 atom stereocenters. The van der Waals surface area contributed by atoms with Crippen molar-refractivity contribution < 1.29 is 4.79 Å². The zero-order valence-corrected chi connectivity index (χ0v) is 16.6. The van der Waals surface area contributed by atoms with Crippen LogP contribution in [0.2, 0.25) is 0 Å². The molecule has 0 fully saturated rings. The van der Waals surface area contributed by atoms with E-state index in [2.05, 4.69) is 15.1 Å². The van der Waals surface area contributed by atoms with E-state index < -0.39 is 0 Å². The highest BCUT2D eigenvalue weighted by Gasteiger charge is 2.17. The lowest BCUT2D eigenvalue weighted by molar-refractivity contribution is -0.116. The van der Waals surface area contributed by atoms with Gasteiger partial charge in [0.1, 0.15) is 0 Å². The maximum atomic E-state index is 12.8. The number of nitrogens with one attached hydrogen (secondary N) is 1. The number of aromatic amines is 1. The van der Waals surface area contributed by atoms with Crippen molar-refractivity contribution >= 4 is 29.0 Å². The third-order valence-electron chi connectivity index (χ3n) is 4.37. The molecule has 0 bridgehead atoms. The fraction of sp³-hybridized carbons (Fsp3) is 0.143. The Bertz CT molecular complexity index is 1190. The minimum Gasteiger partial charge on any atom is -0.312 e. The van der Waals surface area contributed by atoms with Crippen molar-refractivity contribution in [2.45, 2.75) is 12.1 Å². The highest BCUT2D eigenvalue weighted by molar-refractivity contribution is 7.99. The molecule has 4 rings (SSSR count). The van der Waals surface area contributed by atoms with Gasteiger partial charge in [-0.1, -0.05) is 60.3 Å². The number of hydrogen-bond acceptors (Lipinski definition) is 5. The van der Waals surface area contributed by atoms with Gasteiger partial charge < -0.3 is 4.90 Å². The number of anilines is 1. The number of aromatic nitrogens is 4. The fourth-order valence-corrected chi connectivity index (χ4v) is 3.84. The number of hydrogen-bond donors (Lipinski definition) is 1. The second-order valence-corrected chi connectivity index (χ2v) is 7.21. The molecule has 1 amide bonds. The molecule has 0 aliphatic heterocycles. The van der Waals surface area contributed by atoms with Crippen LogP contribution < -0.4 is 10.5 Å². The maximum absolute atomic E-state index is 12.8. The number of H-pyrrole nitrogens is 1. The molecule has 2 heterocycles. The number of rotatable bonds is 6. The normalized spacial score (nSPS) is 10.9. The first-order chi connectivity index (χ1) is 14.2. The van der Waals surface area contributed by atoms with Crippen LogP contribution in [0, 0.1) is 0 Å². The molecule has 1 N–H and O–H groups in total. The summed E-state index contributed by atoms with van der Waals surface area (Å²) >= 11 is 1.27. The molecule has 2 aromatic heterocycles. The van der Waals surface area contributed by atoms with Crippen molar-refractivity contribution in [3.05, 3.63) is 77.1 Å². The summed E-state index contributed by atoms with van der Waals surface area (Å²) in [7, 11) is 0. The van der Waals surface area contributed by atoms with Crippen molar-refractivity contribution in [1.82, 2.24) is 19.6 Å². The molecule has 146 valence electrons. The Hall–Kier alpha value is -3.39. The van der Waals surface area contributed by atoms with Crippen molar-refractivity contribution in [3.63, 3.8) is 0 Å². The van der Waals surface area contributed by atoms with Gasteiger partial charge in [-0.05, 0) is 19.1 Å². The Balaban J connectivity index is 1.63. The third-order valence-corrected chi connectivity index (χ3v) is 5.29. The maximum Gasteiger partial charge on any atom is 0.266 e. The van der Waals surface area contributed by atoms with E-state index in [9.17, 15) is 9.59 Å². The van der Waals surface area contributed by atoms with Gasteiger partial charge in [0.25, 0.3) is 5.56 Å². The van der Waals surface area contributed by atoms with E-state index in [4.69, 9.17) is 0 Å². The van der Waals surface area contributed by atoms with Crippen LogP contribution in [0.3, 0.4) is 0 Å². The lowest BCUT2D eigenvalue weighted by Gasteiger charge is -2.20. The predicted octanol–water partition coefficient (Wildman–Crippen LogP) is 3.23. The standard InChI is InChI=1S/C21H19N5O2S/c1-2-25(16-11-7-4-8-12-16)19(28)14-29-21-23-20(15-9-5-3-6-10-15)22-17-13-18(27)24-26(17)21/h3-13H,2,14H2,1H3,(H,24,27). The molecule has 0 saturated carbocycles. The highest BCUT2D eigenvalue weighted by atomic mass is 32.2. The molecule has 8 heteroatoms. The van der Waals surface area contributed by atoms with Crippen molar-refractivity contribution in [1.29, 1.82) is 0 Å². The summed E-state index contributed by atoms with van der Waals surface area (Å²) < 4.78 is 1.52. The van der Waals surface area contributed by atoms with Crippen molar-refractivity contribution in [2.75, 3.05) is 17.2 Å². The summed E-state index contributed by atoms with van der Waals surface area (Å²) in [6.45, 7) is 2.51. The first-order valence-corrected chi connectivity index (χ1v) is 10.2. The molecule has 0 unspecified atom stereocenters. The molecule has 29 heavy (non-hydrogen) atoms. The van der Waals surface area contributed by atoms with Gasteiger partial charge in [-0.2, -0.15) is 0 Å². The molecular formula is C21H19N5O2S. The summed E-state index contributed by atoms with van der Waals surface area (Å²) in [6.07, 6.45) is 0. The van der Waals surface area contributed by atoms with Gasteiger partial charge in [-0.15, -0.1) is 0 Å². The van der Waals surface area contributed by atoms with E-state index >= 15 is 0 Å². The summed E-state index contributed by atoms with van der Waals surface area (Å²) in [5, 5.41) is 3.20. The molecule has 0 spiro atoms. The molecule has 0 aliphatic carbocycles. The second-order valence-electron chi connectivity index (χ2n) is 6.27. The summed E-state index contributed by atoms with van der Waals surface area (Å²) in [4.78, 5) is 35.4. The zero-order valence-electron chi connectivity index (χ0n) is 15.8. The van der Waals surface area contributed by atoms with E-state index in [-0.39, 0.29) is 17.2 Å². The topological polar surface area (TPSA) is 83.4 Å². The number of para-hydroxylation sites is 1. The Kier molecular flexibility index (Phi) is 5.44. The lowest BCUT2D eigenvalue weighted by atomic mass is 10.2. The van der Waals surface area contributed by atoms with Crippen molar-refractivity contribution in [3.8, 4) is 11.4 Å². The summed E-state index contributed by atoms with van der Waals surface area (Å²) in [6, 6.07) is 20.5. The Labute approximate surface area is 171 Å². The van der Waals surface area contributed by atoms with Gasteiger partial charge in [-0.3, -0.25) is 14.7 Å². The lowest BCUT2D eigenvalue weighted by Crippen LogP contribution is -2.32. The smallest absolute Gasteiger partial charge is 0.266 e. The van der Waals surface area contributed by atoms with Gasteiger partial charge in [0, 0.05) is 23.9 Å². The van der Waals surface area contributed by atoms with Crippen LogP contribution in [0.4, 0.5) is 5.69 Å². The van der Waals surface area contributed by atoms with E-state index in [0.29, 0.717) is 23.2 Å². The molecule has 0 radical (unpaired) electrons. The second kappa shape index (κ2) is 8.32. The zero-order chi connectivity index (χ0) is 20.2. The largest absolute Gasteiger partial charge is 0.312 e. The van der Waals surface area contributed by atoms with Crippen LogP contribution in [0.15, 0.2) is 76.7 Å². The molecular weight excluding hydrogens is 386 g/mol. The Morgan fingerprint density at radius 2 is 1.76 bits per heavy atom. The van der Waals surface area contributed by atoms with Crippen LogP contribution in [0.25, 0.3) is 17.0 Å².